The molecule has 0 aliphatic carbocycles. The molecule has 142 valence electrons. The lowest BCUT2D eigenvalue weighted by Gasteiger charge is -2.38. The molecule has 1 aromatic heterocycles. The first-order valence-electron chi connectivity index (χ1n) is 9.74. The summed E-state index contributed by atoms with van der Waals surface area (Å²) in [4.78, 5) is 29.2. The fourth-order valence-electron chi connectivity index (χ4n) is 4.44. The minimum Gasteiger partial charge on any atom is -0.461 e. The van der Waals surface area contributed by atoms with Gasteiger partial charge in [-0.05, 0) is 32.8 Å². The van der Waals surface area contributed by atoms with Crippen LogP contribution in [0.15, 0.2) is 40.8 Å². The summed E-state index contributed by atoms with van der Waals surface area (Å²) < 4.78 is 5.85. The molecule has 0 bridgehead atoms. The van der Waals surface area contributed by atoms with Gasteiger partial charge in [0, 0.05) is 43.6 Å². The molecule has 0 saturated carbocycles. The summed E-state index contributed by atoms with van der Waals surface area (Å²) in [6, 6.07) is 11.6. The number of nitrogens with zero attached hydrogens (tertiary/aromatic N) is 2. The molecule has 1 spiro atoms. The average molecular weight is 366 g/mol. The Morgan fingerprint density at radius 1 is 1.19 bits per heavy atom. The second kappa shape index (κ2) is 6.87. The van der Waals surface area contributed by atoms with Gasteiger partial charge in [0.05, 0.1) is 5.56 Å². The molecular formula is C22H26N2O3. The molecule has 5 heteroatoms. The Kier molecular flexibility index (Phi) is 4.54. The van der Waals surface area contributed by atoms with E-state index < -0.39 is 0 Å². The van der Waals surface area contributed by atoms with Crippen molar-refractivity contribution in [2.45, 2.75) is 33.1 Å². The van der Waals surface area contributed by atoms with Crippen molar-refractivity contribution in [1.82, 2.24) is 9.80 Å². The molecule has 0 atom stereocenters. The van der Waals surface area contributed by atoms with Crippen LogP contribution in [0.25, 0.3) is 11.3 Å². The van der Waals surface area contributed by atoms with Crippen LogP contribution in [0.2, 0.25) is 0 Å². The van der Waals surface area contributed by atoms with Crippen LogP contribution in [0.4, 0.5) is 0 Å². The monoisotopic (exact) mass is 366 g/mol. The predicted octanol–water partition coefficient (Wildman–Crippen LogP) is 3.73. The number of rotatable bonds is 3. The Balaban J connectivity index is 1.50. The summed E-state index contributed by atoms with van der Waals surface area (Å²) in [6.45, 7) is 6.91. The lowest BCUT2D eigenvalue weighted by atomic mass is 9.77. The first kappa shape index (κ1) is 17.8. The Hall–Kier alpha value is -2.56. The predicted molar refractivity (Wildman–Crippen MR) is 103 cm³/mol. The molecule has 2 fully saturated rings. The normalized spacial score (nSPS) is 19.1. The smallest absolute Gasteiger partial charge is 0.257 e. The summed E-state index contributed by atoms with van der Waals surface area (Å²) in [7, 11) is 0. The highest BCUT2D eigenvalue weighted by atomic mass is 16.3. The van der Waals surface area contributed by atoms with E-state index >= 15 is 0 Å². The average Bonchev–Trinajstić information content (AvgIpc) is 3.22. The zero-order valence-corrected chi connectivity index (χ0v) is 16.0. The third-order valence-electron chi connectivity index (χ3n) is 6.02. The van der Waals surface area contributed by atoms with Gasteiger partial charge in [0.15, 0.2) is 0 Å². The number of carbonyl (C=O) groups is 2. The lowest BCUT2D eigenvalue weighted by Crippen LogP contribution is -2.44. The molecule has 2 aromatic rings. The number of benzene rings is 1. The number of hydrogen-bond acceptors (Lipinski definition) is 3. The molecule has 2 aliphatic rings. The number of carbonyl (C=O) groups excluding carboxylic acids is 2. The van der Waals surface area contributed by atoms with E-state index in [1.807, 2.05) is 60.0 Å². The van der Waals surface area contributed by atoms with Crippen LogP contribution < -0.4 is 0 Å². The summed E-state index contributed by atoms with van der Waals surface area (Å²) in [5, 5.41) is 0. The Morgan fingerprint density at radius 2 is 1.89 bits per heavy atom. The zero-order chi connectivity index (χ0) is 19.0. The van der Waals surface area contributed by atoms with Crippen LogP contribution in [0.1, 0.15) is 42.3 Å². The van der Waals surface area contributed by atoms with E-state index in [1.165, 1.54) is 0 Å². The summed E-state index contributed by atoms with van der Waals surface area (Å²) in [5.41, 5.74) is 1.60. The number of furan rings is 1. The van der Waals surface area contributed by atoms with Gasteiger partial charge in [-0.15, -0.1) is 0 Å². The van der Waals surface area contributed by atoms with Crippen LogP contribution in [0.3, 0.4) is 0 Å². The van der Waals surface area contributed by atoms with Gasteiger partial charge in [-0.3, -0.25) is 9.59 Å². The van der Waals surface area contributed by atoms with E-state index in [-0.39, 0.29) is 17.2 Å². The number of hydrogen-bond donors (Lipinski definition) is 0. The standard InChI is InChI=1S/C22H26N2O3/c1-3-23-15-22(14-19(23)25)9-11-24(12-10-22)21(26)18-13-16(2)27-20(18)17-7-5-4-6-8-17/h4-8,13H,3,9-12,14-15H2,1-2H3. The number of piperidine rings is 1. The zero-order valence-electron chi connectivity index (χ0n) is 16.0. The molecule has 4 rings (SSSR count). The number of amides is 2. The minimum absolute atomic E-state index is 0.0252. The van der Waals surface area contributed by atoms with Gasteiger partial charge < -0.3 is 14.2 Å². The SMILES string of the molecule is CCN1CC2(CCN(C(=O)c3cc(C)oc3-c3ccccc3)CC2)CC1=O. The maximum Gasteiger partial charge on any atom is 0.257 e. The van der Waals surface area contributed by atoms with Crippen molar-refractivity contribution in [3.8, 4) is 11.3 Å². The van der Waals surface area contributed by atoms with Crippen LogP contribution >= 0.6 is 0 Å². The second-order valence-corrected chi connectivity index (χ2v) is 7.84. The van der Waals surface area contributed by atoms with Gasteiger partial charge >= 0.3 is 0 Å². The highest BCUT2D eigenvalue weighted by molar-refractivity contribution is 6.00. The minimum atomic E-state index is 0.0252. The van der Waals surface area contributed by atoms with Gasteiger partial charge in [-0.2, -0.15) is 0 Å². The molecule has 27 heavy (non-hydrogen) atoms. The fourth-order valence-corrected chi connectivity index (χ4v) is 4.44. The Morgan fingerprint density at radius 3 is 2.52 bits per heavy atom. The van der Waals surface area contributed by atoms with E-state index in [0.29, 0.717) is 30.8 Å². The quantitative estimate of drug-likeness (QED) is 0.832. The van der Waals surface area contributed by atoms with Crippen LogP contribution in [-0.4, -0.2) is 47.8 Å². The lowest BCUT2D eigenvalue weighted by molar-refractivity contribution is -0.127. The molecule has 2 saturated heterocycles. The Labute approximate surface area is 159 Å². The van der Waals surface area contributed by atoms with Crippen LogP contribution in [0.5, 0.6) is 0 Å². The van der Waals surface area contributed by atoms with Gasteiger partial charge in [0.25, 0.3) is 5.91 Å². The van der Waals surface area contributed by atoms with Crippen molar-refractivity contribution in [1.29, 1.82) is 0 Å². The third-order valence-corrected chi connectivity index (χ3v) is 6.02. The van der Waals surface area contributed by atoms with Crippen molar-refractivity contribution in [2.75, 3.05) is 26.2 Å². The van der Waals surface area contributed by atoms with E-state index in [4.69, 9.17) is 4.42 Å². The molecule has 0 radical (unpaired) electrons. The van der Waals surface area contributed by atoms with Gasteiger partial charge in [-0.1, -0.05) is 30.3 Å². The van der Waals surface area contributed by atoms with Gasteiger partial charge in [-0.25, -0.2) is 0 Å². The maximum atomic E-state index is 13.2. The molecular weight excluding hydrogens is 340 g/mol. The van der Waals surface area contributed by atoms with E-state index in [0.717, 1.165) is 37.3 Å². The molecule has 3 heterocycles. The summed E-state index contributed by atoms with van der Waals surface area (Å²) >= 11 is 0. The molecule has 0 N–H and O–H groups in total. The topological polar surface area (TPSA) is 53.8 Å². The van der Waals surface area contributed by atoms with Crippen LogP contribution in [0, 0.1) is 12.3 Å². The molecule has 5 nitrogen and oxygen atoms in total. The van der Waals surface area contributed by atoms with Crippen molar-refractivity contribution in [3.05, 3.63) is 47.7 Å². The number of aryl methyl sites for hydroxylation is 1. The molecule has 1 aromatic carbocycles. The Bertz CT molecular complexity index is 848. The fraction of sp³-hybridized carbons (Fsp3) is 0.455. The molecule has 2 amide bonds. The van der Waals surface area contributed by atoms with Crippen LogP contribution in [-0.2, 0) is 4.79 Å². The first-order chi connectivity index (χ1) is 13.0. The second-order valence-electron chi connectivity index (χ2n) is 7.84. The highest BCUT2D eigenvalue weighted by Gasteiger charge is 2.45. The van der Waals surface area contributed by atoms with E-state index in [1.54, 1.807) is 0 Å². The maximum absolute atomic E-state index is 13.2. The first-order valence-corrected chi connectivity index (χ1v) is 9.74. The van der Waals surface area contributed by atoms with Crippen molar-refractivity contribution < 1.29 is 14.0 Å². The van der Waals surface area contributed by atoms with Crippen molar-refractivity contribution in [3.63, 3.8) is 0 Å². The van der Waals surface area contributed by atoms with Crippen molar-refractivity contribution >= 4 is 11.8 Å². The summed E-state index contributed by atoms with van der Waals surface area (Å²) in [5.74, 6) is 1.67. The third kappa shape index (κ3) is 3.27. The van der Waals surface area contributed by atoms with Crippen molar-refractivity contribution in [2.24, 2.45) is 5.41 Å². The molecule has 0 unspecified atom stereocenters. The van der Waals surface area contributed by atoms with Gasteiger partial charge in [0.1, 0.15) is 11.5 Å². The highest BCUT2D eigenvalue weighted by Crippen LogP contribution is 2.41. The van der Waals surface area contributed by atoms with E-state index in [9.17, 15) is 9.59 Å². The largest absolute Gasteiger partial charge is 0.461 e. The number of likely N-dealkylation sites (tertiary alicyclic amines) is 2. The summed E-state index contributed by atoms with van der Waals surface area (Å²) in [6.07, 6.45) is 2.40. The van der Waals surface area contributed by atoms with E-state index in [2.05, 4.69) is 0 Å². The molecule has 2 aliphatic heterocycles. The van der Waals surface area contributed by atoms with Gasteiger partial charge in [0.2, 0.25) is 5.91 Å².